The van der Waals surface area contributed by atoms with Crippen LogP contribution in [0.2, 0.25) is 0 Å². The Balaban J connectivity index is 1.85. The number of likely N-dealkylation sites (N-methyl/N-ethyl adjacent to an activating group) is 1. The number of rotatable bonds is 22. The van der Waals surface area contributed by atoms with Crippen molar-refractivity contribution in [2.24, 2.45) is 4.99 Å². The second-order valence-corrected chi connectivity index (χ2v) is 9.72. The van der Waals surface area contributed by atoms with Crippen LogP contribution in [0.1, 0.15) is 129 Å². The van der Waals surface area contributed by atoms with Crippen LogP contribution in [0.25, 0.3) is 0 Å². The van der Waals surface area contributed by atoms with Gasteiger partial charge in [0.05, 0.1) is 19.7 Å². The van der Waals surface area contributed by atoms with E-state index in [-0.39, 0.29) is 6.61 Å². The highest BCUT2D eigenvalue weighted by Crippen LogP contribution is 2.17. The molecule has 0 aromatic carbocycles. The van der Waals surface area contributed by atoms with Gasteiger partial charge in [-0.2, -0.15) is 0 Å². The van der Waals surface area contributed by atoms with Crippen LogP contribution >= 0.6 is 0 Å². The van der Waals surface area contributed by atoms with Gasteiger partial charge in [-0.05, 0) is 19.8 Å². The van der Waals surface area contributed by atoms with Crippen LogP contribution in [-0.2, 0) is 0 Å². The molecule has 1 rings (SSSR count). The number of aliphatic hydroxyl groups excluding tert-OH is 1. The van der Waals surface area contributed by atoms with Crippen molar-refractivity contribution in [3.63, 3.8) is 0 Å². The Labute approximate surface area is 195 Å². The fourth-order valence-corrected chi connectivity index (χ4v) is 4.90. The van der Waals surface area contributed by atoms with Gasteiger partial charge < -0.3 is 5.11 Å². The summed E-state index contributed by atoms with van der Waals surface area (Å²) in [4.78, 5) is 4.69. The van der Waals surface area contributed by atoms with Crippen molar-refractivity contribution < 1.29 is 9.59 Å². The first-order chi connectivity index (χ1) is 15.3. The van der Waals surface area contributed by atoms with E-state index in [1.807, 2.05) is 0 Å². The molecule has 3 heteroatoms. The second-order valence-electron chi connectivity index (χ2n) is 9.72. The lowest BCUT2D eigenvalue weighted by atomic mass is 10.0. The Kier molecular flexibility index (Phi) is 18.3. The molecule has 1 aliphatic rings. The SMILES string of the molecule is CCCCCCCCCCCCCCCCCCC/C=C/C1=NCC[N+]1(CC)CCO. The average Bonchev–Trinajstić information content (AvgIpc) is 3.18. The molecule has 182 valence electrons. The van der Waals surface area contributed by atoms with Crippen LogP contribution in [0.5, 0.6) is 0 Å². The summed E-state index contributed by atoms with van der Waals surface area (Å²) in [6, 6.07) is 0. The van der Waals surface area contributed by atoms with Gasteiger partial charge in [-0.25, -0.2) is 4.99 Å². The fourth-order valence-electron chi connectivity index (χ4n) is 4.90. The molecule has 0 radical (unpaired) electrons. The summed E-state index contributed by atoms with van der Waals surface area (Å²) in [7, 11) is 0. The van der Waals surface area contributed by atoms with Crippen LogP contribution in [0.15, 0.2) is 17.1 Å². The standard InChI is InChI=1S/C28H55N2O/c1-3-5-6-7-8-9-10-11-12-13-14-15-16-17-18-19-20-21-22-23-28-29-24-25-30(28,4-2)26-27-31/h22-23,31H,3-21,24-27H2,1-2H3/q+1/b23-22+. The summed E-state index contributed by atoms with van der Waals surface area (Å²) in [6.07, 6.45) is 30.0. The first-order valence-electron chi connectivity index (χ1n) is 14.0. The molecule has 1 heterocycles. The molecule has 1 atom stereocenters. The number of allylic oxidation sites excluding steroid dienone is 1. The van der Waals surface area contributed by atoms with E-state index in [4.69, 9.17) is 0 Å². The number of hydrogen-bond acceptors (Lipinski definition) is 2. The van der Waals surface area contributed by atoms with Crippen molar-refractivity contribution in [1.29, 1.82) is 0 Å². The van der Waals surface area contributed by atoms with Gasteiger partial charge in [-0.1, -0.05) is 116 Å². The third-order valence-electron chi connectivity index (χ3n) is 7.16. The first kappa shape index (κ1) is 28.4. The largest absolute Gasteiger partial charge is 0.390 e. The number of hydrogen-bond donors (Lipinski definition) is 1. The van der Waals surface area contributed by atoms with Gasteiger partial charge in [0.25, 0.3) is 0 Å². The number of nitrogens with zero attached hydrogens (tertiary/aromatic N) is 2. The number of amidine groups is 1. The molecule has 1 unspecified atom stereocenters. The van der Waals surface area contributed by atoms with E-state index in [2.05, 4.69) is 31.0 Å². The molecular weight excluding hydrogens is 380 g/mol. The van der Waals surface area contributed by atoms with E-state index >= 15 is 0 Å². The molecule has 1 aliphatic heterocycles. The summed E-state index contributed by atoms with van der Waals surface area (Å²) in [6.45, 7) is 8.55. The number of unbranched alkanes of at least 4 members (excludes halogenated alkanes) is 17. The smallest absolute Gasteiger partial charge is 0.222 e. The Morgan fingerprint density at radius 2 is 1.23 bits per heavy atom. The molecule has 0 aromatic rings. The van der Waals surface area contributed by atoms with Crippen LogP contribution < -0.4 is 0 Å². The number of quaternary nitrogens is 1. The minimum atomic E-state index is 0.250. The maximum absolute atomic E-state index is 9.38. The Bertz CT molecular complexity index is 460. The Morgan fingerprint density at radius 3 is 1.68 bits per heavy atom. The molecule has 0 amide bonds. The quantitative estimate of drug-likeness (QED) is 0.136. The van der Waals surface area contributed by atoms with Crippen molar-refractivity contribution in [3.05, 3.63) is 12.2 Å². The average molecular weight is 436 g/mol. The molecule has 1 N–H and O–H groups in total. The minimum Gasteiger partial charge on any atom is -0.390 e. The van der Waals surface area contributed by atoms with Crippen molar-refractivity contribution in [1.82, 2.24) is 0 Å². The highest BCUT2D eigenvalue weighted by molar-refractivity contribution is 5.88. The maximum Gasteiger partial charge on any atom is 0.222 e. The predicted molar refractivity (Wildman–Crippen MR) is 138 cm³/mol. The number of aliphatic hydroxyl groups is 1. The Hall–Kier alpha value is -0.670. The third kappa shape index (κ3) is 13.5. The highest BCUT2D eigenvalue weighted by atomic mass is 16.3. The van der Waals surface area contributed by atoms with E-state index in [9.17, 15) is 5.11 Å². The van der Waals surface area contributed by atoms with Gasteiger partial charge in [-0.15, -0.1) is 0 Å². The summed E-state index contributed by atoms with van der Waals surface area (Å²) < 4.78 is 0.867. The van der Waals surface area contributed by atoms with E-state index in [1.165, 1.54) is 121 Å². The van der Waals surface area contributed by atoms with Crippen molar-refractivity contribution in [2.75, 3.05) is 32.8 Å². The minimum absolute atomic E-state index is 0.250. The molecule has 0 aliphatic carbocycles. The zero-order valence-corrected chi connectivity index (χ0v) is 21.3. The lowest BCUT2D eigenvalue weighted by molar-refractivity contribution is -0.832. The van der Waals surface area contributed by atoms with E-state index < -0.39 is 0 Å². The maximum atomic E-state index is 9.38. The van der Waals surface area contributed by atoms with E-state index in [0.29, 0.717) is 0 Å². The molecule has 0 fully saturated rings. The third-order valence-corrected chi connectivity index (χ3v) is 7.16. The van der Waals surface area contributed by atoms with Crippen LogP contribution in [0.4, 0.5) is 0 Å². The van der Waals surface area contributed by atoms with Gasteiger partial charge in [0.2, 0.25) is 5.84 Å². The van der Waals surface area contributed by atoms with Gasteiger partial charge in [0, 0.05) is 6.08 Å². The van der Waals surface area contributed by atoms with Gasteiger partial charge in [-0.3, -0.25) is 4.48 Å². The van der Waals surface area contributed by atoms with Crippen molar-refractivity contribution >= 4 is 5.84 Å². The van der Waals surface area contributed by atoms with Crippen LogP contribution in [0.3, 0.4) is 0 Å². The van der Waals surface area contributed by atoms with Crippen molar-refractivity contribution in [3.8, 4) is 0 Å². The normalized spacial score (nSPS) is 18.9. The Morgan fingerprint density at radius 1 is 0.742 bits per heavy atom. The van der Waals surface area contributed by atoms with Crippen molar-refractivity contribution in [2.45, 2.75) is 129 Å². The molecule has 0 aromatic heterocycles. The molecular formula is C28H55N2O+. The second kappa shape index (κ2) is 20.0. The molecule has 3 nitrogen and oxygen atoms in total. The molecule has 31 heavy (non-hydrogen) atoms. The fraction of sp³-hybridized carbons (Fsp3) is 0.893. The summed E-state index contributed by atoms with van der Waals surface area (Å²) in [5.41, 5.74) is 0. The zero-order valence-electron chi connectivity index (χ0n) is 21.3. The van der Waals surface area contributed by atoms with Gasteiger partial charge in [0.15, 0.2) is 0 Å². The van der Waals surface area contributed by atoms with Gasteiger partial charge in [0.1, 0.15) is 13.1 Å². The summed E-state index contributed by atoms with van der Waals surface area (Å²) in [5, 5.41) is 9.38. The first-order valence-corrected chi connectivity index (χ1v) is 14.0. The van der Waals surface area contributed by atoms with E-state index in [1.54, 1.807) is 0 Å². The molecule has 0 bridgehead atoms. The number of aliphatic imine (C=N–C) groups is 1. The van der Waals surface area contributed by atoms with Gasteiger partial charge >= 0.3 is 0 Å². The lowest BCUT2D eigenvalue weighted by Crippen LogP contribution is -2.51. The summed E-state index contributed by atoms with van der Waals surface area (Å²) >= 11 is 0. The highest BCUT2D eigenvalue weighted by Gasteiger charge is 2.34. The topological polar surface area (TPSA) is 32.6 Å². The predicted octanol–water partition coefficient (Wildman–Crippen LogP) is 7.83. The van der Waals surface area contributed by atoms with Crippen LogP contribution in [-0.4, -0.2) is 48.2 Å². The van der Waals surface area contributed by atoms with E-state index in [0.717, 1.165) is 30.7 Å². The molecule has 0 spiro atoms. The zero-order chi connectivity index (χ0) is 22.5. The molecule has 0 saturated heterocycles. The monoisotopic (exact) mass is 435 g/mol. The lowest BCUT2D eigenvalue weighted by Gasteiger charge is -2.31. The molecule has 0 saturated carbocycles. The summed E-state index contributed by atoms with van der Waals surface area (Å²) in [5.74, 6) is 1.18. The van der Waals surface area contributed by atoms with Crippen LogP contribution in [0, 0.1) is 0 Å².